The van der Waals surface area contributed by atoms with Gasteiger partial charge in [0.15, 0.2) is 0 Å². The fraction of sp³-hybridized carbons (Fsp3) is 0.304. The Morgan fingerprint density at radius 2 is 2.00 bits per heavy atom. The maximum Gasteiger partial charge on any atom is 0.258 e. The molecule has 7 heteroatoms. The van der Waals surface area contributed by atoms with E-state index in [4.69, 9.17) is 16.3 Å². The molecular weight excluding hydrogens is 400 g/mol. The second-order valence-electron chi connectivity index (χ2n) is 7.88. The van der Waals surface area contributed by atoms with Crippen LogP contribution in [0.25, 0.3) is 21.8 Å². The summed E-state index contributed by atoms with van der Waals surface area (Å²) in [5.41, 5.74) is 3.05. The minimum absolute atomic E-state index is 0.139. The molecule has 0 aliphatic carbocycles. The second kappa shape index (κ2) is 7.78. The third-order valence-electron chi connectivity index (χ3n) is 6.04. The van der Waals surface area contributed by atoms with Crippen molar-refractivity contribution in [3.05, 3.63) is 69.4 Å². The van der Waals surface area contributed by atoms with E-state index in [2.05, 4.69) is 38.2 Å². The number of nitrogens with zero attached hydrogens (tertiary/aromatic N) is 2. The van der Waals surface area contributed by atoms with Crippen LogP contribution >= 0.6 is 11.6 Å². The van der Waals surface area contributed by atoms with E-state index in [1.807, 2.05) is 6.07 Å². The fourth-order valence-electron chi connectivity index (χ4n) is 4.43. The van der Waals surface area contributed by atoms with Crippen molar-refractivity contribution in [2.24, 2.45) is 0 Å². The lowest BCUT2D eigenvalue weighted by Crippen LogP contribution is -2.33. The van der Waals surface area contributed by atoms with E-state index in [1.165, 1.54) is 10.9 Å². The highest BCUT2D eigenvalue weighted by Gasteiger charge is 2.23. The molecule has 1 aliphatic rings. The first-order valence-corrected chi connectivity index (χ1v) is 10.5. The molecule has 4 aromatic rings. The number of nitrogens with one attached hydrogen (secondary N) is 2. The molecule has 0 spiro atoms. The molecule has 1 fully saturated rings. The number of benzene rings is 2. The SMILES string of the molecule is COc1ccc2[nH]cc(C3CCN(Cc4nc5ccc(Cl)cc5c(=O)[nH]4)CC3)c2c1. The number of piperidine rings is 1. The molecule has 0 unspecified atom stereocenters. The molecule has 0 atom stereocenters. The average Bonchev–Trinajstić information content (AvgIpc) is 3.18. The van der Waals surface area contributed by atoms with Gasteiger partial charge >= 0.3 is 0 Å². The van der Waals surface area contributed by atoms with Crippen LogP contribution in [0.3, 0.4) is 0 Å². The molecule has 3 heterocycles. The Hall–Kier alpha value is -2.83. The van der Waals surface area contributed by atoms with Gasteiger partial charge in [0.1, 0.15) is 11.6 Å². The van der Waals surface area contributed by atoms with Crippen LogP contribution in [-0.2, 0) is 6.54 Å². The third-order valence-corrected chi connectivity index (χ3v) is 6.27. The highest BCUT2D eigenvalue weighted by Crippen LogP contribution is 2.34. The summed E-state index contributed by atoms with van der Waals surface area (Å²) in [6, 6.07) is 11.4. The first-order chi connectivity index (χ1) is 14.6. The summed E-state index contributed by atoms with van der Waals surface area (Å²) >= 11 is 6.00. The summed E-state index contributed by atoms with van der Waals surface area (Å²) in [4.78, 5) is 25.7. The minimum atomic E-state index is -0.139. The van der Waals surface area contributed by atoms with Crippen LogP contribution < -0.4 is 10.3 Å². The number of rotatable bonds is 4. The topological polar surface area (TPSA) is 74.0 Å². The molecule has 154 valence electrons. The molecule has 2 aromatic heterocycles. The lowest BCUT2D eigenvalue weighted by atomic mass is 9.89. The number of aromatic nitrogens is 3. The predicted octanol–water partition coefficient (Wildman–Crippen LogP) is 4.45. The summed E-state index contributed by atoms with van der Waals surface area (Å²) in [7, 11) is 1.70. The highest BCUT2D eigenvalue weighted by atomic mass is 35.5. The van der Waals surface area contributed by atoms with Crippen molar-refractivity contribution < 1.29 is 4.74 Å². The van der Waals surface area contributed by atoms with E-state index in [9.17, 15) is 4.79 Å². The van der Waals surface area contributed by atoms with Crippen LogP contribution in [0.4, 0.5) is 0 Å². The van der Waals surface area contributed by atoms with E-state index < -0.39 is 0 Å². The Balaban J connectivity index is 1.30. The first-order valence-electron chi connectivity index (χ1n) is 10.2. The van der Waals surface area contributed by atoms with Gasteiger partial charge in [-0.2, -0.15) is 0 Å². The monoisotopic (exact) mass is 422 g/mol. The zero-order valence-corrected chi connectivity index (χ0v) is 17.5. The van der Waals surface area contributed by atoms with E-state index in [0.29, 0.717) is 34.2 Å². The van der Waals surface area contributed by atoms with E-state index in [1.54, 1.807) is 25.3 Å². The van der Waals surface area contributed by atoms with Crippen molar-refractivity contribution in [2.45, 2.75) is 25.3 Å². The Labute approximate surface area is 178 Å². The summed E-state index contributed by atoms with van der Waals surface area (Å²) in [5, 5.41) is 2.31. The number of likely N-dealkylation sites (tertiary alicyclic amines) is 1. The molecule has 6 nitrogen and oxygen atoms in total. The summed E-state index contributed by atoms with van der Waals surface area (Å²) in [6.45, 7) is 2.57. The quantitative estimate of drug-likeness (QED) is 0.509. The van der Waals surface area contributed by atoms with Gasteiger partial charge in [0.2, 0.25) is 0 Å². The van der Waals surface area contributed by atoms with Gasteiger partial charge in [0.25, 0.3) is 5.56 Å². The summed E-state index contributed by atoms with van der Waals surface area (Å²) < 4.78 is 5.40. The van der Waals surface area contributed by atoms with Gasteiger partial charge in [-0.1, -0.05) is 11.6 Å². The Kier molecular flexibility index (Phi) is 4.97. The Morgan fingerprint density at radius 1 is 1.17 bits per heavy atom. The lowest BCUT2D eigenvalue weighted by Gasteiger charge is -2.31. The molecule has 0 radical (unpaired) electrons. The van der Waals surface area contributed by atoms with Crippen molar-refractivity contribution in [2.75, 3.05) is 20.2 Å². The zero-order valence-electron chi connectivity index (χ0n) is 16.7. The zero-order chi connectivity index (χ0) is 20.7. The minimum Gasteiger partial charge on any atom is -0.497 e. The lowest BCUT2D eigenvalue weighted by molar-refractivity contribution is 0.200. The van der Waals surface area contributed by atoms with Crippen molar-refractivity contribution in [1.29, 1.82) is 0 Å². The van der Waals surface area contributed by atoms with Gasteiger partial charge in [-0.05, 0) is 73.8 Å². The number of fused-ring (bicyclic) bond motifs is 2. The van der Waals surface area contributed by atoms with Crippen molar-refractivity contribution in [3.8, 4) is 5.75 Å². The number of methoxy groups -OCH3 is 1. The number of ether oxygens (including phenoxy) is 1. The molecular formula is C23H23ClN4O2. The van der Waals surface area contributed by atoms with Gasteiger partial charge < -0.3 is 14.7 Å². The number of H-pyrrole nitrogens is 2. The van der Waals surface area contributed by atoms with Crippen LogP contribution in [0, 0.1) is 0 Å². The van der Waals surface area contributed by atoms with E-state index in [-0.39, 0.29) is 5.56 Å². The maximum atomic E-state index is 12.4. The smallest absolute Gasteiger partial charge is 0.258 e. The average molecular weight is 423 g/mol. The van der Waals surface area contributed by atoms with Crippen molar-refractivity contribution in [1.82, 2.24) is 19.9 Å². The molecule has 0 saturated carbocycles. The number of halogens is 1. The highest BCUT2D eigenvalue weighted by molar-refractivity contribution is 6.31. The molecule has 5 rings (SSSR count). The van der Waals surface area contributed by atoms with Gasteiger partial charge in [0.05, 0.1) is 24.6 Å². The molecule has 0 amide bonds. The van der Waals surface area contributed by atoms with Gasteiger partial charge in [-0.25, -0.2) is 4.98 Å². The normalized spacial score (nSPS) is 15.8. The third kappa shape index (κ3) is 3.57. The molecule has 30 heavy (non-hydrogen) atoms. The predicted molar refractivity (Wildman–Crippen MR) is 119 cm³/mol. The van der Waals surface area contributed by atoms with Crippen LogP contribution in [0.15, 0.2) is 47.4 Å². The van der Waals surface area contributed by atoms with Gasteiger partial charge in [-0.3, -0.25) is 9.69 Å². The summed E-state index contributed by atoms with van der Waals surface area (Å²) in [6.07, 6.45) is 4.27. The Morgan fingerprint density at radius 3 is 2.80 bits per heavy atom. The molecule has 0 bridgehead atoms. The van der Waals surface area contributed by atoms with Crippen molar-refractivity contribution in [3.63, 3.8) is 0 Å². The van der Waals surface area contributed by atoms with E-state index >= 15 is 0 Å². The largest absolute Gasteiger partial charge is 0.497 e. The van der Waals surface area contributed by atoms with Crippen LogP contribution in [-0.4, -0.2) is 40.1 Å². The second-order valence-corrected chi connectivity index (χ2v) is 8.32. The van der Waals surface area contributed by atoms with Crippen LogP contribution in [0.2, 0.25) is 5.02 Å². The van der Waals surface area contributed by atoms with Crippen molar-refractivity contribution >= 4 is 33.4 Å². The molecule has 2 N–H and O–H groups in total. The number of aromatic amines is 2. The van der Waals surface area contributed by atoms with E-state index in [0.717, 1.165) is 37.2 Å². The number of hydrogen-bond acceptors (Lipinski definition) is 4. The molecule has 1 saturated heterocycles. The standard InChI is InChI=1S/C23H23ClN4O2/c1-30-16-3-5-20-17(11-16)19(12-25-20)14-6-8-28(9-7-14)13-22-26-21-4-2-15(24)10-18(21)23(29)27-22/h2-5,10-12,14,25H,6-9,13H2,1H3,(H,26,27,29). The van der Waals surface area contributed by atoms with Crippen LogP contribution in [0.5, 0.6) is 5.75 Å². The fourth-order valence-corrected chi connectivity index (χ4v) is 4.61. The van der Waals surface area contributed by atoms with Gasteiger partial charge in [0, 0.05) is 22.1 Å². The Bertz CT molecular complexity index is 1270. The molecule has 2 aromatic carbocycles. The maximum absolute atomic E-state index is 12.4. The first kappa shape index (κ1) is 19.2. The van der Waals surface area contributed by atoms with Gasteiger partial charge in [-0.15, -0.1) is 0 Å². The molecule has 1 aliphatic heterocycles. The summed E-state index contributed by atoms with van der Waals surface area (Å²) in [5.74, 6) is 2.09. The van der Waals surface area contributed by atoms with Crippen LogP contribution in [0.1, 0.15) is 30.1 Å². The number of hydrogen-bond donors (Lipinski definition) is 2.